The van der Waals surface area contributed by atoms with E-state index in [1.54, 1.807) is 35.2 Å². The van der Waals surface area contributed by atoms with Gasteiger partial charge in [0, 0.05) is 12.1 Å². The maximum atomic E-state index is 13.0. The molecule has 4 aromatic rings. The van der Waals surface area contributed by atoms with Gasteiger partial charge in [-0.15, -0.1) is 11.3 Å². The van der Waals surface area contributed by atoms with E-state index < -0.39 is 11.9 Å². The Balaban J connectivity index is 1.54. The van der Waals surface area contributed by atoms with E-state index in [0.29, 0.717) is 12.1 Å². The van der Waals surface area contributed by atoms with Crippen molar-refractivity contribution in [3.63, 3.8) is 0 Å². The number of hydrogen-bond acceptors (Lipinski definition) is 6. The van der Waals surface area contributed by atoms with Crippen LogP contribution < -0.4 is 10.6 Å². The lowest BCUT2D eigenvalue weighted by Gasteiger charge is -2.18. The third kappa shape index (κ3) is 4.72. The monoisotopic (exact) mass is 437 g/mol. The van der Waals surface area contributed by atoms with E-state index in [-0.39, 0.29) is 11.7 Å². The van der Waals surface area contributed by atoms with Gasteiger partial charge in [-0.25, -0.2) is 4.98 Å². The predicted molar refractivity (Wildman–Crippen MR) is 120 cm³/mol. The maximum absolute atomic E-state index is 13.0. The SMILES string of the molecule is CSc1nc2ccc(NC(=O)C(Cc3ccccc3)NC(=O)c3ccco3)cc2s1. The van der Waals surface area contributed by atoms with Crippen LogP contribution in [0.1, 0.15) is 16.1 Å². The van der Waals surface area contributed by atoms with Crippen molar-refractivity contribution < 1.29 is 14.0 Å². The van der Waals surface area contributed by atoms with Gasteiger partial charge in [-0.3, -0.25) is 9.59 Å². The molecule has 1 unspecified atom stereocenters. The summed E-state index contributed by atoms with van der Waals surface area (Å²) in [6.45, 7) is 0. The lowest BCUT2D eigenvalue weighted by atomic mass is 10.0. The summed E-state index contributed by atoms with van der Waals surface area (Å²) in [5.41, 5.74) is 2.50. The molecule has 0 aliphatic heterocycles. The Kier molecular flexibility index (Phi) is 6.15. The summed E-state index contributed by atoms with van der Waals surface area (Å²) in [6.07, 6.45) is 3.77. The van der Waals surface area contributed by atoms with Crippen molar-refractivity contribution in [1.29, 1.82) is 0 Å². The zero-order chi connectivity index (χ0) is 20.9. The highest BCUT2D eigenvalue weighted by molar-refractivity contribution is 8.00. The van der Waals surface area contributed by atoms with Crippen LogP contribution in [-0.4, -0.2) is 29.1 Å². The number of rotatable bonds is 7. The second-order valence-corrected chi connectivity index (χ2v) is 8.63. The fraction of sp³-hybridized carbons (Fsp3) is 0.136. The molecule has 30 heavy (non-hydrogen) atoms. The van der Waals surface area contributed by atoms with Gasteiger partial charge in [0.25, 0.3) is 5.91 Å². The van der Waals surface area contributed by atoms with Crippen LogP contribution >= 0.6 is 23.1 Å². The predicted octanol–water partition coefficient (Wildman–Crippen LogP) is 4.59. The third-order valence-corrected chi connectivity index (χ3v) is 6.46. The van der Waals surface area contributed by atoms with Crippen LogP contribution in [0.2, 0.25) is 0 Å². The van der Waals surface area contributed by atoms with Crippen molar-refractivity contribution in [2.24, 2.45) is 0 Å². The molecule has 0 fully saturated rings. The third-order valence-electron chi connectivity index (χ3n) is 4.46. The molecule has 0 saturated heterocycles. The molecular formula is C22H19N3O3S2. The quantitative estimate of drug-likeness (QED) is 0.413. The first kappa shape index (κ1) is 20.2. The van der Waals surface area contributed by atoms with Gasteiger partial charge in [0.2, 0.25) is 5.91 Å². The Morgan fingerprint density at radius 1 is 1.13 bits per heavy atom. The minimum Gasteiger partial charge on any atom is -0.459 e. The average molecular weight is 438 g/mol. The van der Waals surface area contributed by atoms with Crippen molar-refractivity contribution in [3.8, 4) is 0 Å². The van der Waals surface area contributed by atoms with E-state index in [4.69, 9.17) is 4.42 Å². The van der Waals surface area contributed by atoms with Gasteiger partial charge < -0.3 is 15.1 Å². The van der Waals surface area contributed by atoms with Gasteiger partial charge in [-0.1, -0.05) is 42.1 Å². The number of fused-ring (bicyclic) bond motifs is 1. The van der Waals surface area contributed by atoms with Crippen molar-refractivity contribution in [1.82, 2.24) is 10.3 Å². The zero-order valence-corrected chi connectivity index (χ0v) is 17.8. The van der Waals surface area contributed by atoms with Crippen LogP contribution in [0.25, 0.3) is 10.2 Å². The van der Waals surface area contributed by atoms with E-state index in [2.05, 4.69) is 15.6 Å². The summed E-state index contributed by atoms with van der Waals surface area (Å²) in [7, 11) is 0. The topological polar surface area (TPSA) is 84.2 Å². The number of nitrogens with zero attached hydrogens (tertiary/aromatic N) is 1. The Morgan fingerprint density at radius 3 is 2.70 bits per heavy atom. The summed E-state index contributed by atoms with van der Waals surface area (Å²) >= 11 is 3.17. The Bertz CT molecular complexity index is 1160. The highest BCUT2D eigenvalue weighted by Gasteiger charge is 2.23. The van der Waals surface area contributed by atoms with E-state index in [0.717, 1.165) is 20.1 Å². The van der Waals surface area contributed by atoms with Crippen LogP contribution in [0.15, 0.2) is 75.7 Å². The maximum Gasteiger partial charge on any atom is 0.287 e. The number of nitrogens with one attached hydrogen (secondary N) is 2. The zero-order valence-electron chi connectivity index (χ0n) is 16.1. The summed E-state index contributed by atoms with van der Waals surface area (Å²) in [4.78, 5) is 30.0. The molecule has 4 rings (SSSR count). The average Bonchev–Trinajstić information content (AvgIpc) is 3.43. The fourth-order valence-electron chi connectivity index (χ4n) is 2.99. The molecule has 0 saturated carbocycles. The minimum absolute atomic E-state index is 0.163. The number of carbonyl (C=O) groups excluding carboxylic acids is 2. The summed E-state index contributed by atoms with van der Waals surface area (Å²) in [5, 5.41) is 5.70. The fourth-order valence-corrected chi connectivity index (χ4v) is 4.52. The van der Waals surface area contributed by atoms with Gasteiger partial charge in [0.1, 0.15) is 6.04 Å². The van der Waals surface area contributed by atoms with Crippen molar-refractivity contribution in [3.05, 3.63) is 78.3 Å². The number of hydrogen-bond donors (Lipinski definition) is 2. The molecule has 1 atom stereocenters. The van der Waals surface area contributed by atoms with Crippen molar-refractivity contribution >= 4 is 50.8 Å². The first-order chi connectivity index (χ1) is 14.6. The number of furan rings is 1. The number of benzene rings is 2. The lowest BCUT2D eigenvalue weighted by molar-refractivity contribution is -0.118. The first-order valence-electron chi connectivity index (χ1n) is 9.26. The van der Waals surface area contributed by atoms with Gasteiger partial charge in [-0.2, -0.15) is 0 Å². The van der Waals surface area contributed by atoms with Crippen LogP contribution in [-0.2, 0) is 11.2 Å². The van der Waals surface area contributed by atoms with Crippen LogP contribution in [0, 0.1) is 0 Å². The van der Waals surface area contributed by atoms with Gasteiger partial charge in [0.05, 0.1) is 16.5 Å². The number of anilines is 1. The molecule has 0 aliphatic carbocycles. The molecule has 8 heteroatoms. The van der Waals surface area contributed by atoms with Crippen molar-refractivity contribution in [2.75, 3.05) is 11.6 Å². The largest absolute Gasteiger partial charge is 0.459 e. The lowest BCUT2D eigenvalue weighted by Crippen LogP contribution is -2.45. The van der Waals surface area contributed by atoms with E-state index >= 15 is 0 Å². The molecule has 2 heterocycles. The number of aromatic nitrogens is 1. The summed E-state index contributed by atoms with van der Waals surface area (Å²) in [5.74, 6) is -0.567. The van der Waals surface area contributed by atoms with E-state index in [1.165, 1.54) is 6.26 Å². The number of carbonyl (C=O) groups is 2. The van der Waals surface area contributed by atoms with Gasteiger partial charge >= 0.3 is 0 Å². The molecule has 2 aromatic heterocycles. The van der Waals surface area contributed by atoms with Gasteiger partial charge in [-0.05, 0) is 42.2 Å². The molecule has 0 aliphatic rings. The molecule has 0 spiro atoms. The summed E-state index contributed by atoms with van der Waals surface area (Å²) < 4.78 is 7.12. The van der Waals surface area contributed by atoms with Crippen LogP contribution in [0.4, 0.5) is 5.69 Å². The van der Waals surface area contributed by atoms with Gasteiger partial charge in [0.15, 0.2) is 10.1 Å². The molecule has 6 nitrogen and oxygen atoms in total. The number of thioether (sulfide) groups is 1. The molecule has 2 aromatic carbocycles. The van der Waals surface area contributed by atoms with E-state index in [9.17, 15) is 9.59 Å². The Hall–Kier alpha value is -3.10. The normalized spacial score (nSPS) is 11.9. The number of thiazole rings is 1. The molecule has 2 amide bonds. The molecule has 2 N–H and O–H groups in total. The van der Waals surface area contributed by atoms with Crippen molar-refractivity contribution in [2.45, 2.75) is 16.8 Å². The van der Waals surface area contributed by atoms with E-state index in [1.807, 2.05) is 54.8 Å². The second kappa shape index (κ2) is 9.15. The molecular weight excluding hydrogens is 418 g/mol. The first-order valence-corrected chi connectivity index (χ1v) is 11.3. The Labute approximate surface area is 181 Å². The smallest absolute Gasteiger partial charge is 0.287 e. The highest BCUT2D eigenvalue weighted by Crippen LogP contribution is 2.30. The summed E-state index contributed by atoms with van der Waals surface area (Å²) in [6, 6.07) is 17.6. The standard InChI is InChI=1S/C22H19N3O3S2/c1-29-22-25-16-10-9-15(13-19(16)30-22)23-20(26)17(12-14-6-3-2-4-7-14)24-21(27)18-8-5-11-28-18/h2-11,13,17H,12H2,1H3,(H,23,26)(H,24,27). The molecule has 0 radical (unpaired) electrons. The van der Waals surface area contributed by atoms with Crippen LogP contribution in [0.5, 0.6) is 0 Å². The molecule has 0 bridgehead atoms. The van der Waals surface area contributed by atoms with Crippen LogP contribution in [0.3, 0.4) is 0 Å². The highest BCUT2D eigenvalue weighted by atomic mass is 32.2. The Morgan fingerprint density at radius 2 is 1.97 bits per heavy atom. The number of amides is 2. The second-order valence-electron chi connectivity index (χ2n) is 6.55. The molecule has 152 valence electrons. The minimum atomic E-state index is -0.760.